The molecular weight excluding hydrogens is 209 g/mol. The van der Waals surface area contributed by atoms with Crippen molar-refractivity contribution < 1.29 is 4.39 Å². The molecule has 72 valence electrons. The van der Waals surface area contributed by atoms with Gasteiger partial charge in [0.15, 0.2) is 0 Å². The van der Waals surface area contributed by atoms with E-state index in [0.29, 0.717) is 5.92 Å². The van der Waals surface area contributed by atoms with E-state index in [1.54, 1.807) is 11.3 Å². The molecule has 0 unspecified atom stereocenters. The first-order valence-corrected chi connectivity index (χ1v) is 5.52. The van der Waals surface area contributed by atoms with Gasteiger partial charge in [0.2, 0.25) is 0 Å². The Hall–Kier alpha value is -0.120. The zero-order valence-corrected chi connectivity index (χ0v) is 8.67. The molecule has 0 amide bonds. The van der Waals surface area contributed by atoms with E-state index in [2.05, 4.69) is 5.32 Å². The summed E-state index contributed by atoms with van der Waals surface area (Å²) < 4.78 is 13.4. The maximum atomic E-state index is 12.6. The standard InChI is InChI=1S/C9H11ClFNS/c10-9-2-1-8(13-9)7-5-12-4-6(7)3-11/h1-2,6-7,12H,3-5H2/t6-,7+/m0/s1. The summed E-state index contributed by atoms with van der Waals surface area (Å²) in [6, 6.07) is 3.89. The highest BCUT2D eigenvalue weighted by Gasteiger charge is 2.29. The number of halogens is 2. The SMILES string of the molecule is FC[C@H]1CNC[C@H]1c1ccc(Cl)s1. The lowest BCUT2D eigenvalue weighted by atomic mass is 9.96. The molecule has 1 aromatic rings. The number of rotatable bonds is 2. The number of hydrogen-bond donors (Lipinski definition) is 1. The average molecular weight is 220 g/mol. The lowest BCUT2D eigenvalue weighted by molar-refractivity contribution is 0.360. The summed E-state index contributed by atoms with van der Waals surface area (Å²) in [5.74, 6) is 0.456. The molecule has 13 heavy (non-hydrogen) atoms. The third-order valence-electron chi connectivity index (χ3n) is 2.50. The maximum Gasteiger partial charge on any atom is 0.0941 e. The van der Waals surface area contributed by atoms with Gasteiger partial charge in [0.25, 0.3) is 0 Å². The fraction of sp³-hybridized carbons (Fsp3) is 0.556. The minimum atomic E-state index is -0.243. The molecule has 2 rings (SSSR count). The van der Waals surface area contributed by atoms with Gasteiger partial charge in [0.05, 0.1) is 11.0 Å². The van der Waals surface area contributed by atoms with Gasteiger partial charge in [-0.05, 0) is 12.1 Å². The van der Waals surface area contributed by atoms with Gasteiger partial charge in [-0.1, -0.05) is 11.6 Å². The predicted octanol–water partition coefficient (Wildman–Crippen LogP) is 2.67. The molecule has 4 heteroatoms. The first-order chi connectivity index (χ1) is 6.31. The Labute approximate surface area is 85.9 Å². The van der Waals surface area contributed by atoms with Crippen molar-refractivity contribution in [1.29, 1.82) is 0 Å². The quantitative estimate of drug-likeness (QED) is 0.807. The molecule has 0 radical (unpaired) electrons. The highest BCUT2D eigenvalue weighted by molar-refractivity contribution is 7.16. The highest BCUT2D eigenvalue weighted by atomic mass is 35.5. The van der Waals surface area contributed by atoms with Crippen LogP contribution in [0, 0.1) is 5.92 Å². The molecule has 1 nitrogen and oxygen atoms in total. The van der Waals surface area contributed by atoms with Gasteiger partial charge in [-0.2, -0.15) is 0 Å². The molecule has 0 aromatic carbocycles. The van der Waals surface area contributed by atoms with Crippen LogP contribution >= 0.6 is 22.9 Å². The largest absolute Gasteiger partial charge is 0.316 e. The molecule has 0 spiro atoms. The van der Waals surface area contributed by atoms with E-state index in [1.165, 1.54) is 4.88 Å². The first kappa shape index (κ1) is 9.44. The Balaban J connectivity index is 2.15. The molecule has 0 bridgehead atoms. The summed E-state index contributed by atoms with van der Waals surface area (Å²) >= 11 is 7.40. The van der Waals surface area contributed by atoms with Crippen molar-refractivity contribution >= 4 is 22.9 Å². The molecular formula is C9H11ClFNS. The number of alkyl halides is 1. The Morgan fingerprint density at radius 3 is 3.00 bits per heavy atom. The molecule has 1 fully saturated rings. The van der Waals surface area contributed by atoms with Gasteiger partial charge in [-0.15, -0.1) is 11.3 Å². The molecule has 1 saturated heterocycles. The summed E-state index contributed by atoms with van der Waals surface area (Å²) in [5, 5.41) is 3.20. The summed E-state index contributed by atoms with van der Waals surface area (Å²) in [6.07, 6.45) is 0. The molecule has 1 aromatic heterocycles. The van der Waals surface area contributed by atoms with Crippen LogP contribution in [0.5, 0.6) is 0 Å². The van der Waals surface area contributed by atoms with Gasteiger partial charge < -0.3 is 5.32 Å². The van der Waals surface area contributed by atoms with Crippen LogP contribution in [0.25, 0.3) is 0 Å². The van der Waals surface area contributed by atoms with Crippen molar-refractivity contribution in [3.8, 4) is 0 Å². The lowest BCUT2D eigenvalue weighted by Gasteiger charge is -2.12. The van der Waals surface area contributed by atoms with Gasteiger partial charge in [-0.25, -0.2) is 0 Å². The summed E-state index contributed by atoms with van der Waals surface area (Å²) in [4.78, 5) is 1.21. The second kappa shape index (κ2) is 3.95. The molecule has 1 aliphatic rings. The van der Waals surface area contributed by atoms with Crippen molar-refractivity contribution in [3.63, 3.8) is 0 Å². The van der Waals surface area contributed by atoms with Gasteiger partial charge in [0.1, 0.15) is 0 Å². The van der Waals surface area contributed by atoms with Crippen LogP contribution in [0.15, 0.2) is 12.1 Å². The van der Waals surface area contributed by atoms with Gasteiger partial charge >= 0.3 is 0 Å². The average Bonchev–Trinajstić information content (AvgIpc) is 2.71. The van der Waals surface area contributed by atoms with Crippen LogP contribution in [0.4, 0.5) is 4.39 Å². The third-order valence-corrected chi connectivity index (χ3v) is 3.86. The number of hydrogen-bond acceptors (Lipinski definition) is 2. The fourth-order valence-corrected chi connectivity index (χ4v) is 3.01. The Bertz CT molecular complexity index is 289. The Kier molecular flexibility index (Phi) is 2.86. The van der Waals surface area contributed by atoms with Gasteiger partial charge in [0, 0.05) is 29.8 Å². The molecule has 0 saturated carbocycles. The Morgan fingerprint density at radius 1 is 1.54 bits per heavy atom. The summed E-state index contributed by atoms with van der Waals surface area (Å²) in [7, 11) is 0. The van der Waals surface area contributed by atoms with Crippen molar-refractivity contribution in [2.75, 3.05) is 19.8 Å². The van der Waals surface area contributed by atoms with Crippen LogP contribution in [-0.2, 0) is 0 Å². The fourth-order valence-electron chi connectivity index (χ4n) is 1.76. The minimum Gasteiger partial charge on any atom is -0.316 e. The monoisotopic (exact) mass is 219 g/mol. The van der Waals surface area contributed by atoms with Gasteiger partial charge in [-0.3, -0.25) is 4.39 Å². The van der Waals surface area contributed by atoms with E-state index in [0.717, 1.165) is 17.4 Å². The second-order valence-electron chi connectivity index (χ2n) is 3.32. The van der Waals surface area contributed by atoms with Crippen molar-refractivity contribution in [1.82, 2.24) is 5.32 Å². The van der Waals surface area contributed by atoms with E-state index in [9.17, 15) is 4.39 Å². The maximum absolute atomic E-state index is 12.6. The summed E-state index contributed by atoms with van der Waals surface area (Å²) in [6.45, 7) is 1.43. The molecule has 0 aliphatic carbocycles. The van der Waals surface area contributed by atoms with Crippen molar-refractivity contribution in [2.45, 2.75) is 5.92 Å². The van der Waals surface area contributed by atoms with Crippen LogP contribution < -0.4 is 5.32 Å². The Morgan fingerprint density at radius 2 is 2.38 bits per heavy atom. The number of thiophene rings is 1. The first-order valence-electron chi connectivity index (χ1n) is 4.33. The molecule has 2 atom stereocenters. The van der Waals surface area contributed by atoms with E-state index in [1.807, 2.05) is 12.1 Å². The number of nitrogens with one attached hydrogen (secondary N) is 1. The van der Waals surface area contributed by atoms with E-state index in [4.69, 9.17) is 11.6 Å². The van der Waals surface area contributed by atoms with Crippen molar-refractivity contribution in [2.24, 2.45) is 5.92 Å². The van der Waals surface area contributed by atoms with E-state index < -0.39 is 0 Å². The van der Waals surface area contributed by atoms with Crippen LogP contribution in [0.2, 0.25) is 4.34 Å². The second-order valence-corrected chi connectivity index (χ2v) is 5.07. The van der Waals surface area contributed by atoms with Crippen molar-refractivity contribution in [3.05, 3.63) is 21.3 Å². The van der Waals surface area contributed by atoms with Crippen LogP contribution in [0.1, 0.15) is 10.8 Å². The normalized spacial score (nSPS) is 28.2. The highest BCUT2D eigenvalue weighted by Crippen LogP contribution is 2.34. The van der Waals surface area contributed by atoms with Crippen LogP contribution in [0.3, 0.4) is 0 Å². The minimum absolute atomic E-state index is 0.134. The zero-order valence-electron chi connectivity index (χ0n) is 7.09. The van der Waals surface area contributed by atoms with E-state index >= 15 is 0 Å². The predicted molar refractivity (Wildman–Crippen MR) is 54.4 cm³/mol. The zero-order chi connectivity index (χ0) is 9.26. The third kappa shape index (κ3) is 1.87. The molecule has 1 N–H and O–H groups in total. The summed E-state index contributed by atoms with van der Waals surface area (Å²) in [5.41, 5.74) is 0. The lowest BCUT2D eigenvalue weighted by Crippen LogP contribution is -2.11. The van der Waals surface area contributed by atoms with Crippen LogP contribution in [-0.4, -0.2) is 19.8 Å². The molecule has 1 aliphatic heterocycles. The van der Waals surface area contributed by atoms with E-state index in [-0.39, 0.29) is 12.6 Å². The smallest absolute Gasteiger partial charge is 0.0941 e. The topological polar surface area (TPSA) is 12.0 Å². The molecule has 2 heterocycles.